The Morgan fingerprint density at radius 2 is 1.79 bits per heavy atom. The molecule has 2 N–H and O–H groups in total. The lowest BCUT2D eigenvalue weighted by atomic mass is 10.2. The maximum atomic E-state index is 12.0. The van der Waals surface area contributed by atoms with E-state index in [1.54, 1.807) is 18.2 Å². The molecule has 2 aromatic carbocycles. The van der Waals surface area contributed by atoms with E-state index >= 15 is 0 Å². The van der Waals surface area contributed by atoms with Gasteiger partial charge in [-0.25, -0.2) is 5.43 Å². The maximum Gasteiger partial charge on any atom is 0.272 e. The second kappa shape index (κ2) is 7.90. The molecule has 0 aromatic heterocycles. The topological polar surface area (TPSA) is 80.2 Å². The van der Waals surface area contributed by atoms with Crippen LogP contribution in [0.25, 0.3) is 0 Å². The van der Waals surface area contributed by atoms with Gasteiger partial charge in [0, 0.05) is 10.6 Å². The highest BCUT2D eigenvalue weighted by molar-refractivity contribution is 6.36. The number of rotatable bonds is 5. The highest BCUT2D eigenvalue weighted by Crippen LogP contribution is 2.36. The Bertz CT molecular complexity index is 769. The summed E-state index contributed by atoms with van der Waals surface area (Å²) in [5, 5.41) is 14.4. The van der Waals surface area contributed by atoms with Gasteiger partial charge in [0.15, 0.2) is 11.5 Å². The quantitative estimate of drug-likeness (QED) is 0.625. The summed E-state index contributed by atoms with van der Waals surface area (Å²) in [6.07, 6.45) is 1.38. The van der Waals surface area contributed by atoms with Crippen LogP contribution in [0.15, 0.2) is 35.4 Å². The molecule has 0 radical (unpaired) electrons. The zero-order valence-corrected chi connectivity index (χ0v) is 14.4. The molecule has 24 heavy (non-hydrogen) atoms. The van der Waals surface area contributed by atoms with Crippen molar-refractivity contribution < 1.29 is 19.4 Å². The number of aromatic hydroxyl groups is 1. The van der Waals surface area contributed by atoms with Crippen LogP contribution >= 0.6 is 23.2 Å². The van der Waals surface area contributed by atoms with Crippen LogP contribution in [-0.2, 0) is 0 Å². The van der Waals surface area contributed by atoms with E-state index in [9.17, 15) is 9.90 Å². The number of hydrogen-bond donors (Lipinski definition) is 2. The van der Waals surface area contributed by atoms with Crippen LogP contribution in [0.2, 0.25) is 10.0 Å². The van der Waals surface area contributed by atoms with Gasteiger partial charge in [-0.2, -0.15) is 5.10 Å². The van der Waals surface area contributed by atoms with Gasteiger partial charge in [0.05, 0.1) is 31.0 Å². The van der Waals surface area contributed by atoms with Gasteiger partial charge < -0.3 is 14.6 Å². The molecule has 0 saturated heterocycles. The van der Waals surface area contributed by atoms with E-state index in [4.69, 9.17) is 32.7 Å². The molecular weight excluding hydrogens is 355 g/mol. The van der Waals surface area contributed by atoms with Gasteiger partial charge in [0.1, 0.15) is 0 Å². The van der Waals surface area contributed by atoms with Crippen molar-refractivity contribution in [3.63, 3.8) is 0 Å². The van der Waals surface area contributed by atoms with Gasteiger partial charge in [0.25, 0.3) is 5.91 Å². The minimum Gasteiger partial charge on any atom is -0.502 e. The Hall–Kier alpha value is -2.44. The Balaban J connectivity index is 2.15. The molecule has 0 heterocycles. The van der Waals surface area contributed by atoms with Crippen molar-refractivity contribution in [1.29, 1.82) is 0 Å². The smallest absolute Gasteiger partial charge is 0.272 e. The molecule has 0 fully saturated rings. The Morgan fingerprint density at radius 1 is 1.17 bits per heavy atom. The summed E-state index contributed by atoms with van der Waals surface area (Å²) >= 11 is 11.7. The standard InChI is InChI=1S/C16H14Cl2N2O4/c1-23-13-5-9(6-14(24-2)15(13)21)8-19-20-16(22)11-4-3-10(17)7-12(11)18/h3-8,21H,1-2H3,(H,20,22)/b19-8-. The number of ether oxygens (including phenoxy) is 2. The van der Waals surface area contributed by atoms with Crippen LogP contribution in [-0.4, -0.2) is 31.4 Å². The maximum absolute atomic E-state index is 12.0. The number of carbonyl (C=O) groups is 1. The first-order valence-corrected chi connectivity index (χ1v) is 7.45. The third-order valence-electron chi connectivity index (χ3n) is 3.06. The number of nitrogens with zero attached hydrogens (tertiary/aromatic N) is 1. The third-order valence-corrected chi connectivity index (χ3v) is 3.61. The minimum atomic E-state index is -0.481. The Morgan fingerprint density at radius 3 is 2.33 bits per heavy atom. The van der Waals surface area contributed by atoms with E-state index in [1.807, 2.05) is 0 Å². The summed E-state index contributed by atoms with van der Waals surface area (Å²) in [6, 6.07) is 7.62. The van der Waals surface area contributed by atoms with Crippen molar-refractivity contribution in [2.24, 2.45) is 5.10 Å². The fraction of sp³-hybridized carbons (Fsp3) is 0.125. The van der Waals surface area contributed by atoms with Gasteiger partial charge >= 0.3 is 0 Å². The zero-order chi connectivity index (χ0) is 17.7. The molecular formula is C16H14Cl2N2O4. The lowest BCUT2D eigenvalue weighted by Crippen LogP contribution is -2.18. The van der Waals surface area contributed by atoms with Gasteiger partial charge in [-0.05, 0) is 30.3 Å². The molecule has 1 amide bonds. The third kappa shape index (κ3) is 4.10. The van der Waals surface area contributed by atoms with E-state index in [1.165, 1.54) is 32.6 Å². The van der Waals surface area contributed by atoms with Crippen LogP contribution in [0.1, 0.15) is 15.9 Å². The van der Waals surface area contributed by atoms with Crippen LogP contribution in [0.5, 0.6) is 17.2 Å². The van der Waals surface area contributed by atoms with Gasteiger partial charge in [0.2, 0.25) is 5.75 Å². The van der Waals surface area contributed by atoms with E-state index in [0.717, 1.165) is 0 Å². The molecule has 8 heteroatoms. The first kappa shape index (κ1) is 17.9. The van der Waals surface area contributed by atoms with E-state index in [0.29, 0.717) is 10.6 Å². The number of amides is 1. The molecule has 6 nitrogen and oxygen atoms in total. The highest BCUT2D eigenvalue weighted by atomic mass is 35.5. The molecule has 2 rings (SSSR count). The van der Waals surface area contributed by atoms with Crippen LogP contribution in [0.4, 0.5) is 0 Å². The van der Waals surface area contributed by atoms with Crippen molar-refractivity contribution >= 4 is 35.3 Å². The molecule has 0 spiro atoms. The van der Waals surface area contributed by atoms with Crippen molar-refractivity contribution in [1.82, 2.24) is 5.43 Å². The predicted molar refractivity (Wildman–Crippen MR) is 92.7 cm³/mol. The number of benzene rings is 2. The number of methoxy groups -OCH3 is 2. The average Bonchev–Trinajstić information content (AvgIpc) is 2.55. The summed E-state index contributed by atoms with van der Waals surface area (Å²) in [4.78, 5) is 12.0. The second-order valence-electron chi connectivity index (χ2n) is 4.60. The molecule has 0 aliphatic rings. The van der Waals surface area contributed by atoms with E-state index < -0.39 is 5.91 Å². The molecule has 0 aliphatic heterocycles. The first-order valence-electron chi connectivity index (χ1n) is 6.69. The molecule has 0 aliphatic carbocycles. The molecule has 0 bridgehead atoms. The largest absolute Gasteiger partial charge is 0.502 e. The summed E-state index contributed by atoms with van der Waals surface area (Å²) in [7, 11) is 2.83. The van der Waals surface area contributed by atoms with Crippen LogP contribution in [0.3, 0.4) is 0 Å². The van der Waals surface area contributed by atoms with E-state index in [2.05, 4.69) is 10.5 Å². The van der Waals surface area contributed by atoms with Crippen LogP contribution in [0, 0.1) is 0 Å². The summed E-state index contributed by atoms with van der Waals surface area (Å²) < 4.78 is 10.1. The summed E-state index contributed by atoms with van der Waals surface area (Å²) in [5.41, 5.74) is 3.16. The number of nitrogens with one attached hydrogen (secondary N) is 1. The Kier molecular flexibility index (Phi) is 5.89. The molecule has 126 valence electrons. The molecule has 2 aromatic rings. The second-order valence-corrected chi connectivity index (χ2v) is 5.44. The Labute approximate surface area is 148 Å². The van der Waals surface area contributed by atoms with E-state index in [-0.39, 0.29) is 27.8 Å². The summed E-state index contributed by atoms with van der Waals surface area (Å²) in [5.74, 6) is -0.148. The molecule has 0 saturated carbocycles. The monoisotopic (exact) mass is 368 g/mol. The lowest BCUT2D eigenvalue weighted by Gasteiger charge is -2.09. The highest BCUT2D eigenvalue weighted by Gasteiger charge is 2.11. The van der Waals surface area contributed by atoms with Gasteiger partial charge in [-0.1, -0.05) is 23.2 Å². The SMILES string of the molecule is COc1cc(/C=N\NC(=O)c2ccc(Cl)cc2Cl)cc(OC)c1O. The number of carbonyl (C=O) groups excluding carboxylic acids is 1. The van der Waals surface area contributed by atoms with Crippen molar-refractivity contribution in [2.45, 2.75) is 0 Å². The minimum absolute atomic E-state index is 0.117. The number of halogens is 2. The fourth-order valence-corrected chi connectivity index (χ4v) is 2.38. The number of phenols is 1. The molecule has 0 unspecified atom stereocenters. The number of hydrazone groups is 1. The average molecular weight is 369 g/mol. The predicted octanol–water partition coefficient (Wildman–Crippen LogP) is 3.48. The van der Waals surface area contributed by atoms with Crippen molar-refractivity contribution in [3.8, 4) is 17.2 Å². The van der Waals surface area contributed by atoms with Crippen LogP contribution < -0.4 is 14.9 Å². The first-order chi connectivity index (χ1) is 11.5. The number of hydrogen-bond acceptors (Lipinski definition) is 5. The van der Waals surface area contributed by atoms with Crippen molar-refractivity contribution in [3.05, 3.63) is 51.5 Å². The normalized spacial score (nSPS) is 10.7. The van der Waals surface area contributed by atoms with Gasteiger partial charge in [-0.3, -0.25) is 4.79 Å². The fourth-order valence-electron chi connectivity index (χ4n) is 1.89. The van der Waals surface area contributed by atoms with Gasteiger partial charge in [-0.15, -0.1) is 0 Å². The summed E-state index contributed by atoms with van der Waals surface area (Å²) in [6.45, 7) is 0. The molecule has 0 atom stereocenters. The zero-order valence-electron chi connectivity index (χ0n) is 12.8. The lowest BCUT2D eigenvalue weighted by molar-refractivity contribution is 0.0955. The van der Waals surface area contributed by atoms with Crippen molar-refractivity contribution in [2.75, 3.05) is 14.2 Å². The number of phenolic OH excluding ortho intramolecular Hbond substituents is 1.